The van der Waals surface area contributed by atoms with E-state index in [1.807, 2.05) is 6.08 Å². The van der Waals surface area contributed by atoms with E-state index in [9.17, 15) is 4.79 Å². The monoisotopic (exact) mass is 290 g/mol. The van der Waals surface area contributed by atoms with Crippen LogP contribution in [0.15, 0.2) is 12.2 Å². The van der Waals surface area contributed by atoms with Gasteiger partial charge in [-0.2, -0.15) is 0 Å². The molecular formula is C18H26OS. The van der Waals surface area contributed by atoms with Crippen molar-refractivity contribution in [1.29, 1.82) is 0 Å². The van der Waals surface area contributed by atoms with Gasteiger partial charge in [0.05, 0.1) is 0 Å². The second kappa shape index (κ2) is 4.38. The van der Waals surface area contributed by atoms with Crippen molar-refractivity contribution >= 4 is 16.9 Å². The van der Waals surface area contributed by atoms with E-state index in [0.29, 0.717) is 10.7 Å². The summed E-state index contributed by atoms with van der Waals surface area (Å²) in [6, 6.07) is 0. The normalized spacial score (nSPS) is 54.2. The van der Waals surface area contributed by atoms with E-state index >= 15 is 0 Å². The SMILES string of the molecule is C[C@@]12CCC[C@H]1[C@@H]1CCC3SC(=O)C=C[C@]3(C)[C@@H]1CC2. The Balaban J connectivity index is 1.68. The zero-order valence-corrected chi connectivity index (χ0v) is 13.5. The Bertz CT molecular complexity index is 470. The number of carbonyl (C=O) groups is 1. The number of thioether (sulfide) groups is 1. The maximum atomic E-state index is 11.7. The summed E-state index contributed by atoms with van der Waals surface area (Å²) in [6.45, 7) is 5.01. The van der Waals surface area contributed by atoms with Crippen molar-refractivity contribution in [1.82, 2.24) is 0 Å². The number of rotatable bonds is 0. The average Bonchev–Trinajstić information content (AvgIpc) is 2.81. The van der Waals surface area contributed by atoms with Crippen molar-refractivity contribution in [2.75, 3.05) is 0 Å². The Morgan fingerprint density at radius 1 is 1.10 bits per heavy atom. The highest BCUT2D eigenvalue weighted by Crippen LogP contribution is 2.64. The minimum atomic E-state index is 0.283. The van der Waals surface area contributed by atoms with Crippen LogP contribution in [0.3, 0.4) is 0 Å². The van der Waals surface area contributed by atoms with Crippen molar-refractivity contribution in [2.24, 2.45) is 28.6 Å². The van der Waals surface area contributed by atoms with Crippen LogP contribution in [-0.2, 0) is 4.79 Å². The fourth-order valence-electron chi connectivity index (χ4n) is 6.19. The molecule has 0 radical (unpaired) electrons. The van der Waals surface area contributed by atoms with Gasteiger partial charge in [-0.1, -0.05) is 38.1 Å². The first-order valence-corrected chi connectivity index (χ1v) is 9.31. The maximum Gasteiger partial charge on any atom is 0.212 e. The number of fused-ring (bicyclic) bond motifs is 5. The van der Waals surface area contributed by atoms with E-state index in [1.165, 1.54) is 44.9 Å². The van der Waals surface area contributed by atoms with Gasteiger partial charge >= 0.3 is 0 Å². The van der Waals surface area contributed by atoms with Gasteiger partial charge in [-0.15, -0.1) is 0 Å². The van der Waals surface area contributed by atoms with E-state index in [2.05, 4.69) is 19.9 Å². The molecule has 4 aliphatic rings. The lowest BCUT2D eigenvalue weighted by atomic mass is 9.50. The molecule has 0 N–H and O–H groups in total. The second-order valence-electron chi connectivity index (χ2n) is 8.16. The third kappa shape index (κ3) is 1.73. The van der Waals surface area contributed by atoms with Gasteiger partial charge in [-0.05, 0) is 67.8 Å². The Morgan fingerprint density at radius 2 is 1.95 bits per heavy atom. The third-order valence-electron chi connectivity index (χ3n) is 7.31. The van der Waals surface area contributed by atoms with Gasteiger partial charge in [0.1, 0.15) is 0 Å². The molecule has 0 spiro atoms. The molecule has 0 saturated heterocycles. The summed E-state index contributed by atoms with van der Waals surface area (Å²) in [4.78, 5) is 11.7. The van der Waals surface area contributed by atoms with E-state index in [0.717, 1.165) is 17.8 Å². The predicted molar refractivity (Wildman–Crippen MR) is 84.5 cm³/mol. The van der Waals surface area contributed by atoms with E-state index < -0.39 is 0 Å². The lowest BCUT2D eigenvalue weighted by molar-refractivity contribution is -0.107. The molecule has 3 aliphatic carbocycles. The number of carbonyl (C=O) groups excluding carboxylic acids is 1. The zero-order valence-electron chi connectivity index (χ0n) is 12.7. The van der Waals surface area contributed by atoms with Gasteiger partial charge in [0, 0.05) is 10.7 Å². The molecule has 4 rings (SSSR count). The Morgan fingerprint density at radius 3 is 2.80 bits per heavy atom. The maximum absolute atomic E-state index is 11.7. The van der Waals surface area contributed by atoms with Crippen molar-refractivity contribution in [3.05, 3.63) is 12.2 Å². The van der Waals surface area contributed by atoms with Crippen LogP contribution in [0.5, 0.6) is 0 Å². The van der Waals surface area contributed by atoms with Crippen molar-refractivity contribution in [2.45, 2.75) is 64.0 Å². The first-order chi connectivity index (χ1) is 9.53. The summed E-state index contributed by atoms with van der Waals surface area (Å²) in [5, 5.41) is 0.833. The van der Waals surface area contributed by atoms with Crippen LogP contribution < -0.4 is 0 Å². The summed E-state index contributed by atoms with van der Waals surface area (Å²) in [7, 11) is 0. The van der Waals surface area contributed by atoms with Crippen LogP contribution in [-0.4, -0.2) is 10.4 Å². The quantitative estimate of drug-likeness (QED) is 0.636. The summed E-state index contributed by atoms with van der Waals surface area (Å²) in [5.41, 5.74) is 0.928. The van der Waals surface area contributed by atoms with E-state index in [4.69, 9.17) is 0 Å². The van der Waals surface area contributed by atoms with E-state index in [1.54, 1.807) is 11.8 Å². The predicted octanol–water partition coefficient (Wildman–Crippen LogP) is 4.82. The smallest absolute Gasteiger partial charge is 0.212 e. The number of allylic oxidation sites excluding steroid dienone is 1. The summed E-state index contributed by atoms with van der Waals surface area (Å²) in [6.07, 6.45) is 14.0. The van der Waals surface area contributed by atoms with Crippen molar-refractivity contribution in [3.63, 3.8) is 0 Å². The molecule has 1 heterocycles. The molecule has 0 aromatic heterocycles. The number of hydrogen-bond donors (Lipinski definition) is 0. The molecule has 0 amide bonds. The summed E-state index contributed by atoms with van der Waals surface area (Å²) < 4.78 is 0. The molecule has 1 aliphatic heterocycles. The molecule has 3 saturated carbocycles. The first kappa shape index (κ1) is 13.4. The van der Waals surface area contributed by atoms with Gasteiger partial charge in [0.2, 0.25) is 5.12 Å². The Kier molecular flexibility index (Phi) is 2.94. The highest BCUT2D eigenvalue weighted by atomic mass is 32.2. The van der Waals surface area contributed by atoms with Gasteiger partial charge in [0.25, 0.3) is 0 Å². The van der Waals surface area contributed by atoms with Crippen LogP contribution >= 0.6 is 11.8 Å². The molecule has 0 aromatic rings. The molecule has 110 valence electrons. The zero-order chi connectivity index (χ0) is 14.0. The molecule has 1 unspecified atom stereocenters. The van der Waals surface area contributed by atoms with Crippen LogP contribution in [0.4, 0.5) is 0 Å². The van der Waals surface area contributed by atoms with Gasteiger partial charge < -0.3 is 0 Å². The van der Waals surface area contributed by atoms with Crippen LogP contribution in [0, 0.1) is 28.6 Å². The van der Waals surface area contributed by atoms with Crippen LogP contribution in [0.2, 0.25) is 0 Å². The molecule has 6 atom stereocenters. The molecule has 1 nitrogen and oxygen atoms in total. The number of hydrogen-bond acceptors (Lipinski definition) is 2. The largest absolute Gasteiger partial charge is 0.282 e. The fourth-order valence-corrected chi connectivity index (χ4v) is 7.38. The molecule has 3 fully saturated rings. The second-order valence-corrected chi connectivity index (χ2v) is 9.37. The Hall–Kier alpha value is -0.240. The Labute approximate surface area is 127 Å². The average molecular weight is 290 g/mol. The fraction of sp³-hybridized carbons (Fsp3) is 0.833. The summed E-state index contributed by atoms with van der Waals surface area (Å²) in [5.74, 6) is 2.72. The molecular weight excluding hydrogens is 264 g/mol. The standard InChI is InChI=1S/C18H26OS/c1-17-9-3-4-13(17)12-5-6-15-18(2,14(12)7-10-17)11-8-16(19)20-15/h8,11-15H,3-7,9-10H2,1-2H3/t12-,13-,14+,15?,17-,18+/m0/s1. The topological polar surface area (TPSA) is 17.1 Å². The molecule has 2 heteroatoms. The molecule has 0 aromatic carbocycles. The summed E-state index contributed by atoms with van der Waals surface area (Å²) >= 11 is 1.62. The lowest BCUT2D eigenvalue weighted by Gasteiger charge is -2.57. The minimum Gasteiger partial charge on any atom is -0.282 e. The van der Waals surface area contributed by atoms with Gasteiger partial charge in [-0.3, -0.25) is 4.79 Å². The lowest BCUT2D eigenvalue weighted by Crippen LogP contribution is -2.52. The third-order valence-corrected chi connectivity index (χ3v) is 8.71. The van der Waals surface area contributed by atoms with Crippen LogP contribution in [0.25, 0.3) is 0 Å². The van der Waals surface area contributed by atoms with Gasteiger partial charge in [-0.25, -0.2) is 0 Å². The first-order valence-electron chi connectivity index (χ1n) is 8.43. The minimum absolute atomic E-state index is 0.283. The van der Waals surface area contributed by atoms with Crippen molar-refractivity contribution < 1.29 is 4.79 Å². The van der Waals surface area contributed by atoms with Crippen LogP contribution in [0.1, 0.15) is 58.8 Å². The molecule has 20 heavy (non-hydrogen) atoms. The highest BCUT2D eigenvalue weighted by molar-refractivity contribution is 8.14. The molecule has 0 bridgehead atoms. The van der Waals surface area contributed by atoms with Gasteiger partial charge in [0.15, 0.2) is 0 Å². The van der Waals surface area contributed by atoms with Crippen molar-refractivity contribution in [3.8, 4) is 0 Å². The highest BCUT2D eigenvalue weighted by Gasteiger charge is 2.57. The van der Waals surface area contributed by atoms with E-state index in [-0.39, 0.29) is 10.5 Å².